The van der Waals surface area contributed by atoms with Gasteiger partial charge in [-0.05, 0) is 74.5 Å². The Balaban J connectivity index is 1.45. The minimum Gasteiger partial charge on any atom is -0.495 e. The van der Waals surface area contributed by atoms with E-state index in [1.807, 2.05) is 12.1 Å². The fourth-order valence-corrected chi connectivity index (χ4v) is 5.40. The maximum Gasteiger partial charge on any atom is 0.264 e. The molecule has 1 N–H and O–H groups in total. The van der Waals surface area contributed by atoms with Crippen molar-refractivity contribution < 1.29 is 22.4 Å². The Hall–Kier alpha value is -3.30. The predicted molar refractivity (Wildman–Crippen MR) is 130 cm³/mol. The van der Waals surface area contributed by atoms with Crippen molar-refractivity contribution in [2.75, 3.05) is 38.1 Å². The number of anilines is 1. The van der Waals surface area contributed by atoms with Crippen LogP contribution in [0.15, 0.2) is 76.2 Å². The van der Waals surface area contributed by atoms with Crippen molar-refractivity contribution in [2.45, 2.75) is 23.8 Å². The molecule has 1 saturated heterocycles. The van der Waals surface area contributed by atoms with Gasteiger partial charge in [-0.15, -0.1) is 0 Å². The number of methoxy groups -OCH3 is 1. The van der Waals surface area contributed by atoms with Gasteiger partial charge in [0, 0.05) is 19.2 Å². The van der Waals surface area contributed by atoms with Gasteiger partial charge in [0.1, 0.15) is 11.5 Å². The molecule has 1 atom stereocenters. The molecule has 1 aliphatic rings. The second-order valence-electron chi connectivity index (χ2n) is 8.15. The van der Waals surface area contributed by atoms with Crippen molar-refractivity contribution in [3.05, 3.63) is 78.3 Å². The number of nitrogens with zero attached hydrogens (tertiary/aromatic N) is 2. The van der Waals surface area contributed by atoms with E-state index in [0.717, 1.165) is 31.7 Å². The Labute approximate surface area is 200 Å². The second-order valence-corrected chi connectivity index (χ2v) is 10.1. The molecule has 3 aromatic rings. The molecule has 4 rings (SSSR count). The van der Waals surface area contributed by atoms with Crippen molar-refractivity contribution in [1.82, 2.24) is 10.2 Å². The van der Waals surface area contributed by atoms with Crippen LogP contribution >= 0.6 is 0 Å². The SMILES string of the molecule is COc1ccccc1N(C)S(=O)(=O)c1ccc(C(=O)NC[C@H](c2ccco2)N2CCCC2)cc1. The lowest BCUT2D eigenvalue weighted by molar-refractivity contribution is 0.0933. The topological polar surface area (TPSA) is 92.1 Å². The van der Waals surface area contributed by atoms with E-state index in [0.29, 0.717) is 23.5 Å². The molecule has 0 spiro atoms. The Kier molecular flexibility index (Phi) is 7.23. The Morgan fingerprint density at radius 3 is 2.44 bits per heavy atom. The van der Waals surface area contributed by atoms with Crippen LogP contribution in [0.5, 0.6) is 5.75 Å². The smallest absolute Gasteiger partial charge is 0.264 e. The summed E-state index contributed by atoms with van der Waals surface area (Å²) in [5, 5.41) is 2.97. The number of amides is 1. The van der Waals surface area contributed by atoms with Crippen LogP contribution < -0.4 is 14.4 Å². The van der Waals surface area contributed by atoms with Gasteiger partial charge < -0.3 is 14.5 Å². The third-order valence-corrected chi connectivity index (χ3v) is 7.89. The molecule has 2 heterocycles. The highest BCUT2D eigenvalue weighted by Crippen LogP contribution is 2.31. The van der Waals surface area contributed by atoms with E-state index in [4.69, 9.17) is 9.15 Å². The van der Waals surface area contributed by atoms with Gasteiger partial charge in [0.05, 0.1) is 30.0 Å². The normalized spacial score (nSPS) is 15.1. The summed E-state index contributed by atoms with van der Waals surface area (Å²) in [6.45, 7) is 2.34. The standard InChI is InChI=1S/C25H29N3O5S/c1-27(21-8-3-4-9-23(21)32-2)34(30,31)20-13-11-19(12-14-20)25(29)26-18-22(24-10-7-17-33-24)28-15-5-6-16-28/h3-4,7-14,17,22H,5-6,15-16,18H2,1-2H3,(H,26,29)/t22-/m1/s1. The molecule has 1 fully saturated rings. The summed E-state index contributed by atoms with van der Waals surface area (Å²) in [6, 6.07) is 16.6. The van der Waals surface area contributed by atoms with Crippen molar-refractivity contribution in [3.63, 3.8) is 0 Å². The number of hydrogen-bond donors (Lipinski definition) is 1. The minimum atomic E-state index is -3.83. The van der Waals surface area contributed by atoms with Gasteiger partial charge in [-0.1, -0.05) is 12.1 Å². The van der Waals surface area contributed by atoms with Crippen LogP contribution in [0, 0.1) is 0 Å². The van der Waals surface area contributed by atoms with Crippen LogP contribution in [0.2, 0.25) is 0 Å². The minimum absolute atomic E-state index is 0.0318. The number of nitrogens with one attached hydrogen (secondary N) is 1. The summed E-state index contributed by atoms with van der Waals surface area (Å²) >= 11 is 0. The van der Waals surface area contributed by atoms with Gasteiger partial charge in [-0.3, -0.25) is 14.0 Å². The fraction of sp³-hybridized carbons (Fsp3) is 0.320. The highest BCUT2D eigenvalue weighted by atomic mass is 32.2. The number of benzene rings is 2. The molecule has 1 aromatic heterocycles. The first kappa shape index (κ1) is 23.8. The summed E-state index contributed by atoms with van der Waals surface area (Å²) in [5.74, 6) is 1.01. The lowest BCUT2D eigenvalue weighted by Gasteiger charge is -2.26. The van der Waals surface area contributed by atoms with Gasteiger partial charge in [0.25, 0.3) is 15.9 Å². The van der Waals surface area contributed by atoms with Crippen molar-refractivity contribution in [3.8, 4) is 5.75 Å². The van der Waals surface area contributed by atoms with Crippen molar-refractivity contribution in [2.24, 2.45) is 0 Å². The monoisotopic (exact) mass is 483 g/mol. The van der Waals surface area contributed by atoms with Gasteiger partial charge in [-0.2, -0.15) is 0 Å². The number of likely N-dealkylation sites (tertiary alicyclic amines) is 1. The highest BCUT2D eigenvalue weighted by Gasteiger charge is 2.27. The number of para-hydroxylation sites is 2. The number of carbonyl (C=O) groups excluding carboxylic acids is 1. The summed E-state index contributed by atoms with van der Waals surface area (Å²) < 4.78 is 38.3. The van der Waals surface area contributed by atoms with E-state index < -0.39 is 10.0 Å². The molecule has 0 bridgehead atoms. The second kappa shape index (κ2) is 10.3. The fourth-order valence-electron chi connectivity index (χ4n) is 4.19. The maximum absolute atomic E-state index is 13.1. The zero-order chi connectivity index (χ0) is 24.1. The number of furan rings is 1. The number of rotatable bonds is 9. The van der Waals surface area contributed by atoms with Crippen LogP contribution in [-0.4, -0.2) is 53.0 Å². The molecule has 1 amide bonds. The zero-order valence-electron chi connectivity index (χ0n) is 19.3. The van der Waals surface area contributed by atoms with Crippen LogP contribution in [0.3, 0.4) is 0 Å². The number of ether oxygens (including phenoxy) is 1. The number of hydrogen-bond acceptors (Lipinski definition) is 6. The van der Waals surface area contributed by atoms with Gasteiger partial charge in [0.15, 0.2) is 0 Å². The van der Waals surface area contributed by atoms with Gasteiger partial charge in [0.2, 0.25) is 0 Å². The third-order valence-electron chi connectivity index (χ3n) is 6.11. The molecule has 180 valence electrons. The molecule has 0 aliphatic carbocycles. The molecule has 0 radical (unpaired) electrons. The molecule has 1 aliphatic heterocycles. The molecule has 0 saturated carbocycles. The van der Waals surface area contributed by atoms with Crippen LogP contribution in [0.25, 0.3) is 0 Å². The summed E-state index contributed by atoms with van der Waals surface area (Å²) in [4.78, 5) is 15.2. The molecule has 34 heavy (non-hydrogen) atoms. The molecule has 2 aromatic carbocycles. The molecule has 0 unspecified atom stereocenters. The Bertz CT molecular complexity index is 1200. The van der Waals surface area contributed by atoms with Gasteiger partial charge >= 0.3 is 0 Å². The maximum atomic E-state index is 13.1. The van der Waals surface area contributed by atoms with E-state index in [9.17, 15) is 13.2 Å². The predicted octanol–water partition coefficient (Wildman–Crippen LogP) is 3.68. The Morgan fingerprint density at radius 2 is 1.79 bits per heavy atom. The summed E-state index contributed by atoms with van der Waals surface area (Å²) in [6.07, 6.45) is 3.90. The van der Waals surface area contributed by atoms with E-state index in [1.165, 1.54) is 42.7 Å². The number of sulfonamides is 1. The summed E-state index contributed by atoms with van der Waals surface area (Å²) in [7, 11) is -0.865. The molecule has 9 heteroatoms. The lowest BCUT2D eigenvalue weighted by Crippen LogP contribution is -2.36. The van der Waals surface area contributed by atoms with Crippen molar-refractivity contribution >= 4 is 21.6 Å². The van der Waals surface area contributed by atoms with Gasteiger partial charge in [-0.25, -0.2) is 8.42 Å². The van der Waals surface area contributed by atoms with Crippen LogP contribution in [0.4, 0.5) is 5.69 Å². The largest absolute Gasteiger partial charge is 0.495 e. The van der Waals surface area contributed by atoms with Crippen LogP contribution in [0.1, 0.15) is 35.0 Å². The molecular weight excluding hydrogens is 454 g/mol. The van der Waals surface area contributed by atoms with Crippen LogP contribution in [-0.2, 0) is 10.0 Å². The zero-order valence-corrected chi connectivity index (χ0v) is 20.1. The third kappa shape index (κ3) is 4.95. The Morgan fingerprint density at radius 1 is 1.09 bits per heavy atom. The highest BCUT2D eigenvalue weighted by molar-refractivity contribution is 7.92. The lowest BCUT2D eigenvalue weighted by atomic mass is 10.1. The number of carbonyl (C=O) groups is 1. The van der Waals surface area contributed by atoms with E-state index in [-0.39, 0.29) is 16.8 Å². The van der Waals surface area contributed by atoms with Crippen molar-refractivity contribution in [1.29, 1.82) is 0 Å². The summed E-state index contributed by atoms with van der Waals surface area (Å²) in [5.41, 5.74) is 0.816. The van der Waals surface area contributed by atoms with E-state index in [1.54, 1.807) is 30.5 Å². The first-order chi connectivity index (χ1) is 16.4. The van der Waals surface area contributed by atoms with E-state index >= 15 is 0 Å². The average Bonchev–Trinajstić information content (AvgIpc) is 3.59. The molecular formula is C25H29N3O5S. The quantitative estimate of drug-likeness (QED) is 0.499. The first-order valence-corrected chi connectivity index (χ1v) is 12.6. The first-order valence-electron chi connectivity index (χ1n) is 11.2. The van der Waals surface area contributed by atoms with E-state index in [2.05, 4.69) is 10.2 Å². The molecule has 8 nitrogen and oxygen atoms in total. The average molecular weight is 484 g/mol.